The Hall–Kier alpha value is -1.42. The molecule has 5 rings (SSSR count). The van der Waals surface area contributed by atoms with Crippen LogP contribution >= 0.6 is 0 Å². The molecule has 30 heavy (non-hydrogen) atoms. The average molecular weight is 413 g/mol. The van der Waals surface area contributed by atoms with Crippen molar-refractivity contribution in [2.24, 2.45) is 40.4 Å². The monoisotopic (exact) mass is 412 g/mol. The largest absolute Gasteiger partial charge is 0.463 e. The fourth-order valence-corrected chi connectivity index (χ4v) is 8.27. The Kier molecular flexibility index (Phi) is 4.81. The maximum absolute atomic E-state index is 12.1. The van der Waals surface area contributed by atoms with Crippen molar-refractivity contribution in [3.05, 3.63) is 23.8 Å². The van der Waals surface area contributed by atoms with Gasteiger partial charge in [0.2, 0.25) is 0 Å². The minimum absolute atomic E-state index is 0.144. The molecule has 4 heteroatoms. The van der Waals surface area contributed by atoms with Gasteiger partial charge in [-0.2, -0.15) is 0 Å². The van der Waals surface area contributed by atoms with Crippen LogP contribution in [0.5, 0.6) is 0 Å². The summed E-state index contributed by atoms with van der Waals surface area (Å²) in [5.74, 6) is 2.99. The third-order valence-electron chi connectivity index (χ3n) is 9.76. The third kappa shape index (κ3) is 2.89. The molecule has 0 bridgehead atoms. The Morgan fingerprint density at radius 1 is 1.27 bits per heavy atom. The molecule has 1 heterocycles. The van der Waals surface area contributed by atoms with E-state index in [1.165, 1.54) is 31.3 Å². The van der Waals surface area contributed by atoms with Gasteiger partial charge in [0.1, 0.15) is 6.10 Å². The van der Waals surface area contributed by atoms with Crippen molar-refractivity contribution in [3.8, 4) is 0 Å². The lowest BCUT2D eigenvalue weighted by atomic mass is 9.46. The average Bonchev–Trinajstić information content (AvgIpc) is 3.42. The first-order valence-corrected chi connectivity index (χ1v) is 12.0. The molecular formula is C26H36O4. The van der Waals surface area contributed by atoms with Crippen LogP contribution in [0.2, 0.25) is 0 Å². The molecule has 164 valence electrons. The number of ether oxygens (including phenoxy) is 2. The molecule has 1 saturated heterocycles. The van der Waals surface area contributed by atoms with E-state index in [1.807, 2.05) is 13.0 Å². The van der Waals surface area contributed by atoms with Gasteiger partial charge in [-0.1, -0.05) is 26.8 Å². The Labute approximate surface area is 180 Å². The summed E-state index contributed by atoms with van der Waals surface area (Å²) in [5.41, 5.74) is 1.76. The molecule has 0 aromatic rings. The van der Waals surface area contributed by atoms with E-state index in [-0.39, 0.29) is 17.5 Å². The first-order valence-electron chi connectivity index (χ1n) is 12.0. The van der Waals surface area contributed by atoms with E-state index in [2.05, 4.69) is 26.8 Å². The van der Waals surface area contributed by atoms with Gasteiger partial charge in [-0.25, -0.2) is 4.79 Å². The molecule has 3 saturated carbocycles. The molecule has 4 nitrogen and oxygen atoms in total. The first-order chi connectivity index (χ1) is 14.3. The fraction of sp³-hybridized carbons (Fsp3) is 0.769. The van der Waals surface area contributed by atoms with Crippen LogP contribution in [-0.2, 0) is 19.1 Å². The van der Waals surface area contributed by atoms with Gasteiger partial charge in [0.15, 0.2) is 5.78 Å². The first kappa shape index (κ1) is 20.5. The topological polar surface area (TPSA) is 55.9 Å². The van der Waals surface area contributed by atoms with Gasteiger partial charge in [-0.3, -0.25) is 4.79 Å². The minimum Gasteiger partial charge on any atom is -0.463 e. The summed E-state index contributed by atoms with van der Waals surface area (Å²) in [7, 11) is 0. The number of allylic oxidation sites excluding steroid dienone is 1. The molecule has 0 aromatic heterocycles. The molecular weight excluding hydrogens is 376 g/mol. The quantitative estimate of drug-likeness (QED) is 0.375. The Morgan fingerprint density at radius 2 is 2.07 bits per heavy atom. The molecule has 0 spiro atoms. The number of esters is 1. The van der Waals surface area contributed by atoms with E-state index in [0.29, 0.717) is 59.9 Å². The summed E-state index contributed by atoms with van der Waals surface area (Å²) in [6.07, 6.45) is 12.8. The van der Waals surface area contributed by atoms with E-state index < -0.39 is 0 Å². The highest BCUT2D eigenvalue weighted by Gasteiger charge is 2.69. The van der Waals surface area contributed by atoms with Crippen molar-refractivity contribution in [1.82, 2.24) is 0 Å². The molecule has 9 atom stereocenters. The van der Waals surface area contributed by atoms with E-state index in [4.69, 9.17) is 9.47 Å². The van der Waals surface area contributed by atoms with Gasteiger partial charge in [-0.05, 0) is 91.1 Å². The predicted octanol–water partition coefficient (Wildman–Crippen LogP) is 4.88. The minimum atomic E-state index is -0.228. The van der Waals surface area contributed by atoms with Crippen molar-refractivity contribution in [1.29, 1.82) is 0 Å². The molecule has 1 aliphatic heterocycles. The second kappa shape index (κ2) is 7.05. The number of epoxide rings is 1. The predicted molar refractivity (Wildman–Crippen MR) is 115 cm³/mol. The van der Waals surface area contributed by atoms with Crippen LogP contribution in [0, 0.1) is 40.4 Å². The second-order valence-corrected chi connectivity index (χ2v) is 11.0. The van der Waals surface area contributed by atoms with E-state index in [0.717, 1.165) is 6.42 Å². The van der Waals surface area contributed by atoms with E-state index in [1.54, 1.807) is 6.08 Å². The molecule has 5 aliphatic rings. The lowest BCUT2D eigenvalue weighted by molar-refractivity contribution is -0.137. The van der Waals surface area contributed by atoms with Crippen LogP contribution in [0.15, 0.2) is 23.8 Å². The zero-order valence-corrected chi connectivity index (χ0v) is 18.9. The molecule has 3 unspecified atom stereocenters. The number of rotatable bonds is 4. The number of hydrogen-bond acceptors (Lipinski definition) is 4. The summed E-state index contributed by atoms with van der Waals surface area (Å²) < 4.78 is 11.4. The summed E-state index contributed by atoms with van der Waals surface area (Å²) in [6.45, 7) is 9.47. The Balaban J connectivity index is 1.39. The Morgan fingerprint density at radius 3 is 2.83 bits per heavy atom. The van der Waals surface area contributed by atoms with Crippen LogP contribution in [0.25, 0.3) is 0 Å². The summed E-state index contributed by atoms with van der Waals surface area (Å²) >= 11 is 0. The van der Waals surface area contributed by atoms with Crippen LogP contribution in [0.3, 0.4) is 0 Å². The number of carbonyl (C=O) groups is 2. The highest BCUT2D eigenvalue weighted by Crippen LogP contribution is 2.70. The molecule has 4 fully saturated rings. The lowest BCUT2D eigenvalue weighted by Crippen LogP contribution is -2.53. The number of fused-ring (bicyclic) bond motifs is 8. The van der Waals surface area contributed by atoms with Gasteiger partial charge in [0, 0.05) is 12.5 Å². The standard InChI is InChI=1S/C26H36O4/c1-5-29-21(28)9-6-15(2)17-7-8-18-22-19(11-13-25(17,18)3)26(4)12-10-16(27)14-20(26)23-24(22)30-23/h6,9,14-15,17-19,22-24H,5,7-8,10-13H2,1-4H3/b9-6+/t15-,17-,18?,19?,22?,23+,24-,25-,26-/m1/s1. The van der Waals surface area contributed by atoms with Crippen LogP contribution in [0.4, 0.5) is 0 Å². The molecule has 4 aliphatic carbocycles. The summed E-state index contributed by atoms with van der Waals surface area (Å²) in [5, 5.41) is 0. The highest BCUT2D eigenvalue weighted by atomic mass is 16.6. The smallest absolute Gasteiger partial charge is 0.330 e. The van der Waals surface area contributed by atoms with Crippen LogP contribution < -0.4 is 0 Å². The molecule has 0 amide bonds. The normalized spacial score (nSPS) is 47.6. The third-order valence-corrected chi connectivity index (χ3v) is 9.76. The number of hydrogen-bond donors (Lipinski definition) is 0. The SMILES string of the molecule is CCOC(=O)/C=C/[C@@H](C)[C@H]1CCC2C3C(CC[C@@]21C)[C@@]1(C)CCC(=O)C=C1[C@@H]1O[C@H]31. The molecule has 0 N–H and O–H groups in total. The van der Waals surface area contributed by atoms with Gasteiger partial charge >= 0.3 is 5.97 Å². The maximum Gasteiger partial charge on any atom is 0.330 e. The van der Waals surface area contributed by atoms with Crippen molar-refractivity contribution in [3.63, 3.8) is 0 Å². The van der Waals surface area contributed by atoms with E-state index >= 15 is 0 Å². The van der Waals surface area contributed by atoms with Gasteiger partial charge in [0.05, 0.1) is 12.7 Å². The molecule has 0 radical (unpaired) electrons. The van der Waals surface area contributed by atoms with Crippen molar-refractivity contribution in [2.75, 3.05) is 6.61 Å². The van der Waals surface area contributed by atoms with Gasteiger partial charge in [-0.15, -0.1) is 0 Å². The van der Waals surface area contributed by atoms with Crippen molar-refractivity contribution >= 4 is 11.8 Å². The summed E-state index contributed by atoms with van der Waals surface area (Å²) in [6, 6.07) is 0. The van der Waals surface area contributed by atoms with Gasteiger partial charge < -0.3 is 9.47 Å². The fourth-order valence-electron chi connectivity index (χ4n) is 8.27. The zero-order chi connectivity index (χ0) is 21.3. The zero-order valence-electron chi connectivity index (χ0n) is 18.9. The van der Waals surface area contributed by atoms with E-state index in [9.17, 15) is 9.59 Å². The number of ketones is 1. The van der Waals surface area contributed by atoms with Crippen molar-refractivity contribution in [2.45, 2.75) is 78.4 Å². The summed E-state index contributed by atoms with van der Waals surface area (Å²) in [4.78, 5) is 23.9. The maximum atomic E-state index is 12.1. The Bertz CT molecular complexity index is 812. The van der Waals surface area contributed by atoms with Crippen LogP contribution in [0.1, 0.15) is 66.2 Å². The highest BCUT2D eigenvalue weighted by molar-refractivity contribution is 5.92. The van der Waals surface area contributed by atoms with Gasteiger partial charge in [0.25, 0.3) is 0 Å². The number of carbonyl (C=O) groups excluding carboxylic acids is 2. The lowest BCUT2D eigenvalue weighted by Gasteiger charge is -2.57. The molecule has 0 aromatic carbocycles. The van der Waals surface area contributed by atoms with Crippen molar-refractivity contribution < 1.29 is 19.1 Å². The van der Waals surface area contributed by atoms with Crippen LogP contribution in [-0.4, -0.2) is 30.6 Å². The second-order valence-electron chi connectivity index (χ2n) is 11.0.